The second-order valence-corrected chi connectivity index (χ2v) is 5.96. The van der Waals surface area contributed by atoms with E-state index in [1.807, 2.05) is 24.3 Å². The second kappa shape index (κ2) is 9.30. The van der Waals surface area contributed by atoms with Gasteiger partial charge in [0, 0.05) is 13.1 Å². The van der Waals surface area contributed by atoms with Crippen molar-refractivity contribution in [3.8, 4) is 11.5 Å². The first kappa shape index (κ1) is 18.3. The van der Waals surface area contributed by atoms with Crippen molar-refractivity contribution < 1.29 is 14.6 Å². The summed E-state index contributed by atoms with van der Waals surface area (Å²) in [5.41, 5.74) is 2.52. The van der Waals surface area contributed by atoms with Crippen molar-refractivity contribution in [2.24, 2.45) is 0 Å². The molecule has 1 N–H and O–H groups in total. The van der Waals surface area contributed by atoms with Crippen LogP contribution >= 0.6 is 0 Å². The third-order valence-electron chi connectivity index (χ3n) is 3.91. The van der Waals surface area contributed by atoms with Crippen LogP contribution in [0.25, 0.3) is 0 Å². The van der Waals surface area contributed by atoms with E-state index in [1.165, 1.54) is 11.1 Å². The lowest BCUT2D eigenvalue weighted by atomic mass is 10.1. The summed E-state index contributed by atoms with van der Waals surface area (Å²) < 4.78 is 10.8. The van der Waals surface area contributed by atoms with Gasteiger partial charge in [-0.3, -0.25) is 4.90 Å². The average Bonchev–Trinajstić information content (AvgIpc) is 2.60. The van der Waals surface area contributed by atoms with E-state index in [9.17, 15) is 5.11 Å². The molecule has 24 heavy (non-hydrogen) atoms. The van der Waals surface area contributed by atoms with Crippen LogP contribution in [-0.4, -0.2) is 42.9 Å². The number of rotatable bonds is 9. The van der Waals surface area contributed by atoms with Gasteiger partial charge in [-0.2, -0.15) is 0 Å². The minimum atomic E-state index is -0.531. The Kier molecular flexibility index (Phi) is 7.09. The molecule has 0 amide bonds. The molecule has 4 nitrogen and oxygen atoms in total. The van der Waals surface area contributed by atoms with Crippen LogP contribution in [0, 0.1) is 6.92 Å². The van der Waals surface area contributed by atoms with E-state index in [1.54, 1.807) is 7.11 Å². The summed E-state index contributed by atoms with van der Waals surface area (Å²) in [6.45, 7) is 6.77. The molecule has 0 saturated heterocycles. The summed E-state index contributed by atoms with van der Waals surface area (Å²) in [5.74, 6) is 1.52. The Morgan fingerprint density at radius 1 is 1.08 bits per heavy atom. The molecule has 130 valence electrons. The second-order valence-electron chi connectivity index (χ2n) is 5.96. The molecule has 0 saturated carbocycles. The van der Waals surface area contributed by atoms with Crippen molar-refractivity contribution in [3.05, 3.63) is 59.7 Å². The van der Waals surface area contributed by atoms with Crippen molar-refractivity contribution in [2.45, 2.75) is 26.5 Å². The van der Waals surface area contributed by atoms with Gasteiger partial charge in [0.1, 0.15) is 24.2 Å². The smallest absolute Gasteiger partial charge is 0.119 e. The van der Waals surface area contributed by atoms with E-state index in [0.29, 0.717) is 6.54 Å². The van der Waals surface area contributed by atoms with Crippen LogP contribution < -0.4 is 9.47 Å². The molecule has 0 aliphatic rings. The lowest BCUT2D eigenvalue weighted by Crippen LogP contribution is -2.35. The first-order valence-electron chi connectivity index (χ1n) is 8.33. The normalized spacial score (nSPS) is 12.2. The van der Waals surface area contributed by atoms with Crippen LogP contribution in [0.15, 0.2) is 48.5 Å². The van der Waals surface area contributed by atoms with Crippen molar-refractivity contribution in [2.75, 3.05) is 26.8 Å². The fourth-order valence-corrected chi connectivity index (χ4v) is 2.59. The molecule has 0 aliphatic carbocycles. The number of hydrogen-bond donors (Lipinski definition) is 1. The van der Waals surface area contributed by atoms with Crippen LogP contribution in [0.2, 0.25) is 0 Å². The molecule has 0 bridgehead atoms. The van der Waals surface area contributed by atoms with E-state index in [-0.39, 0.29) is 6.61 Å². The Hall–Kier alpha value is -2.04. The fourth-order valence-electron chi connectivity index (χ4n) is 2.59. The highest BCUT2D eigenvalue weighted by Crippen LogP contribution is 2.17. The van der Waals surface area contributed by atoms with Gasteiger partial charge in [-0.25, -0.2) is 0 Å². The molecule has 2 aromatic carbocycles. The van der Waals surface area contributed by atoms with Gasteiger partial charge in [0.25, 0.3) is 0 Å². The third kappa shape index (κ3) is 5.87. The zero-order chi connectivity index (χ0) is 17.4. The largest absolute Gasteiger partial charge is 0.497 e. The minimum Gasteiger partial charge on any atom is -0.497 e. The van der Waals surface area contributed by atoms with Crippen LogP contribution in [0.4, 0.5) is 0 Å². The van der Waals surface area contributed by atoms with E-state index < -0.39 is 6.10 Å². The van der Waals surface area contributed by atoms with Gasteiger partial charge in [-0.15, -0.1) is 0 Å². The van der Waals surface area contributed by atoms with Gasteiger partial charge in [0.15, 0.2) is 0 Å². The highest BCUT2D eigenvalue weighted by molar-refractivity contribution is 5.31. The standard InChI is InChI=1S/C20H27NO3/c1-4-21(13-17-7-5-6-16(2)12-17)14-18(22)15-24-20-10-8-19(23-3)9-11-20/h5-12,18,22H,4,13-15H2,1-3H3. The van der Waals surface area contributed by atoms with E-state index in [0.717, 1.165) is 24.6 Å². The number of hydrogen-bond acceptors (Lipinski definition) is 4. The SMILES string of the molecule is CCN(Cc1cccc(C)c1)CC(O)COc1ccc(OC)cc1. The molecule has 0 radical (unpaired) electrons. The Morgan fingerprint density at radius 3 is 2.42 bits per heavy atom. The molecule has 0 heterocycles. The van der Waals surface area contributed by atoms with Crippen molar-refractivity contribution in [1.29, 1.82) is 0 Å². The van der Waals surface area contributed by atoms with Gasteiger partial charge < -0.3 is 14.6 Å². The molecule has 0 aromatic heterocycles. The van der Waals surface area contributed by atoms with Crippen molar-refractivity contribution in [1.82, 2.24) is 4.90 Å². The third-order valence-corrected chi connectivity index (χ3v) is 3.91. The van der Waals surface area contributed by atoms with Crippen LogP contribution in [0.5, 0.6) is 11.5 Å². The highest BCUT2D eigenvalue weighted by atomic mass is 16.5. The average molecular weight is 329 g/mol. The topological polar surface area (TPSA) is 41.9 Å². The van der Waals surface area contributed by atoms with Gasteiger partial charge in [-0.1, -0.05) is 36.8 Å². The Labute approximate surface area is 144 Å². The summed E-state index contributed by atoms with van der Waals surface area (Å²) in [5, 5.41) is 10.3. The van der Waals surface area contributed by atoms with Gasteiger partial charge in [-0.05, 0) is 43.3 Å². The maximum atomic E-state index is 10.3. The lowest BCUT2D eigenvalue weighted by Gasteiger charge is -2.24. The number of aryl methyl sites for hydroxylation is 1. The number of aliphatic hydroxyl groups is 1. The summed E-state index contributed by atoms with van der Waals surface area (Å²) in [7, 11) is 1.63. The quantitative estimate of drug-likeness (QED) is 0.767. The lowest BCUT2D eigenvalue weighted by molar-refractivity contribution is 0.0674. The number of methoxy groups -OCH3 is 1. The van der Waals surface area contributed by atoms with E-state index >= 15 is 0 Å². The van der Waals surface area contributed by atoms with Crippen molar-refractivity contribution in [3.63, 3.8) is 0 Å². The molecule has 0 aliphatic heterocycles. The number of benzene rings is 2. The molecule has 2 rings (SSSR count). The summed E-state index contributed by atoms with van der Waals surface area (Å²) in [4.78, 5) is 2.22. The Bertz CT molecular complexity index is 613. The molecule has 1 unspecified atom stereocenters. The molecule has 1 atom stereocenters. The monoisotopic (exact) mass is 329 g/mol. The van der Waals surface area contributed by atoms with Crippen molar-refractivity contribution >= 4 is 0 Å². The molecular weight excluding hydrogens is 302 g/mol. The first-order valence-corrected chi connectivity index (χ1v) is 8.33. The first-order chi connectivity index (χ1) is 11.6. The maximum absolute atomic E-state index is 10.3. The van der Waals surface area contributed by atoms with E-state index in [2.05, 4.69) is 43.0 Å². The molecule has 0 spiro atoms. The number of aliphatic hydroxyl groups excluding tert-OH is 1. The molecule has 2 aromatic rings. The van der Waals surface area contributed by atoms with Crippen LogP contribution in [0.1, 0.15) is 18.1 Å². The predicted molar refractivity (Wildman–Crippen MR) is 96.6 cm³/mol. The molecule has 4 heteroatoms. The van der Waals surface area contributed by atoms with Gasteiger partial charge in [0.2, 0.25) is 0 Å². The Balaban J connectivity index is 1.81. The number of nitrogens with zero attached hydrogens (tertiary/aromatic N) is 1. The van der Waals surface area contributed by atoms with Crippen LogP contribution in [-0.2, 0) is 6.54 Å². The zero-order valence-corrected chi connectivity index (χ0v) is 14.7. The number of likely N-dealkylation sites (N-methyl/N-ethyl adjacent to an activating group) is 1. The minimum absolute atomic E-state index is 0.274. The summed E-state index contributed by atoms with van der Waals surface area (Å²) >= 11 is 0. The zero-order valence-electron chi connectivity index (χ0n) is 14.7. The van der Waals surface area contributed by atoms with Crippen LogP contribution in [0.3, 0.4) is 0 Å². The summed E-state index contributed by atoms with van der Waals surface area (Å²) in [6.07, 6.45) is -0.531. The van der Waals surface area contributed by atoms with Gasteiger partial charge >= 0.3 is 0 Å². The Morgan fingerprint density at radius 2 is 1.79 bits per heavy atom. The highest BCUT2D eigenvalue weighted by Gasteiger charge is 2.12. The van der Waals surface area contributed by atoms with E-state index in [4.69, 9.17) is 9.47 Å². The molecular formula is C20H27NO3. The van der Waals surface area contributed by atoms with Gasteiger partial charge in [0.05, 0.1) is 7.11 Å². The number of ether oxygens (including phenoxy) is 2. The summed E-state index contributed by atoms with van der Waals surface area (Å²) in [6, 6.07) is 15.8. The fraction of sp³-hybridized carbons (Fsp3) is 0.400. The molecule has 0 fully saturated rings. The predicted octanol–water partition coefficient (Wildman–Crippen LogP) is 3.27. The maximum Gasteiger partial charge on any atom is 0.119 e.